The molecule has 0 amide bonds. The minimum Gasteiger partial charge on any atom is -0.462 e. The number of carbonyl (C=O) groups is 2. The molecule has 4 saturated heterocycles. The average Bonchev–Trinajstić information content (AvgIpc) is 3.72. The van der Waals surface area contributed by atoms with Gasteiger partial charge in [-0.15, -0.1) is 0 Å². The van der Waals surface area contributed by atoms with Gasteiger partial charge in [-0.2, -0.15) is 0 Å². The third-order valence-corrected chi connectivity index (χ3v) is 18.7. The first-order chi connectivity index (χ1) is 34.6. The van der Waals surface area contributed by atoms with E-state index in [4.69, 9.17) is 61.6 Å². The molecule has 18 heteroatoms. The second kappa shape index (κ2) is 23.2. The van der Waals surface area contributed by atoms with Gasteiger partial charge in [0.05, 0.1) is 67.0 Å². The molecule has 4 aliphatic carbocycles. The largest absolute Gasteiger partial charge is 0.462 e. The van der Waals surface area contributed by atoms with Crippen LogP contribution in [0.4, 0.5) is 0 Å². The first-order valence-electron chi connectivity index (χ1n) is 27.1. The molecule has 0 radical (unpaired) electrons. The topological polar surface area (TPSA) is 215 Å². The predicted octanol–water partition coefficient (Wildman–Crippen LogP) is 5.76. The fourth-order valence-electron chi connectivity index (χ4n) is 14.2. The molecule has 3 N–H and O–H groups in total. The highest BCUT2D eigenvalue weighted by molar-refractivity contribution is 5.86. The molecule has 8 aliphatic rings. The van der Waals surface area contributed by atoms with E-state index < -0.39 is 115 Å². The number of hydrogen-bond donors (Lipinski definition) is 3. The van der Waals surface area contributed by atoms with Gasteiger partial charge in [-0.25, -0.2) is 0 Å². The van der Waals surface area contributed by atoms with Crippen molar-refractivity contribution < 1.29 is 86.5 Å². The summed E-state index contributed by atoms with van der Waals surface area (Å²) in [7, 11) is 6.53. The molecule has 1 unspecified atom stereocenters. The highest BCUT2D eigenvalue weighted by Gasteiger charge is 2.69. The summed E-state index contributed by atoms with van der Waals surface area (Å²) < 4.78 is 81.7. The quantitative estimate of drug-likeness (QED) is 0.124. The number of carbonyl (C=O) groups excluding carboxylic acids is 2. The smallest absolute Gasteiger partial charge is 0.310 e. The van der Waals surface area contributed by atoms with Crippen molar-refractivity contribution in [2.45, 2.75) is 261 Å². The number of Topliss-reactive ketones (excluding diaryl/α,β-unsaturated/α-hetero) is 1. The molecule has 3 saturated carbocycles. The Morgan fingerprint density at radius 1 is 0.644 bits per heavy atom. The van der Waals surface area contributed by atoms with E-state index in [2.05, 4.69) is 13.0 Å². The standard InChI is InChI=1S/C55H88O18/c1-27(2)28(3)20-43(57)70-37-22-42-53(9)17-15-35(21-34(53)14-18-55(42,60)36-16-19-54(59,33(8)56)48(36)37)69-44-24-39(62-11)50(30(5)66-44)72-46-26-41(64-13)52(32(7)68-46)73-47-25-40(63-12)51(31(6)67-47)71-45-23-38(61-10)49(58)29(4)65-45/h14,29-32,35-42,44-52,58-60H,15-26H2,1-13H3/t29-,30+,31-,32-,35-,36+,37+,38+,39-,40-,41-,42+,44-,45-,46-,47-,48?,49-,50+,51+,52+,53-,54+,55+/m0/s1. The summed E-state index contributed by atoms with van der Waals surface area (Å²) in [6.45, 7) is 17.1. The van der Waals surface area contributed by atoms with Gasteiger partial charge in [0.15, 0.2) is 30.9 Å². The van der Waals surface area contributed by atoms with Crippen LogP contribution in [-0.4, -0.2) is 177 Å². The van der Waals surface area contributed by atoms with Gasteiger partial charge in [0.25, 0.3) is 0 Å². The second-order valence-corrected chi connectivity index (χ2v) is 23.2. The Hall–Kier alpha value is -1.98. The number of esters is 1. The molecule has 0 aromatic carbocycles. The Bertz CT molecular complexity index is 1980. The van der Waals surface area contributed by atoms with Crippen LogP contribution in [0, 0.1) is 23.2 Å². The first kappa shape index (κ1) is 57.2. The summed E-state index contributed by atoms with van der Waals surface area (Å²) in [6.07, 6.45) is -1.18. The number of aliphatic hydroxyl groups is 3. The van der Waals surface area contributed by atoms with Crippen molar-refractivity contribution in [1.82, 2.24) is 0 Å². The van der Waals surface area contributed by atoms with Crippen LogP contribution in [-0.2, 0) is 71.2 Å². The van der Waals surface area contributed by atoms with E-state index in [1.54, 1.807) is 35.4 Å². The minimum absolute atomic E-state index is 0.134. The van der Waals surface area contributed by atoms with Crippen molar-refractivity contribution in [2.75, 3.05) is 28.4 Å². The lowest BCUT2D eigenvalue weighted by Gasteiger charge is -2.61. The van der Waals surface area contributed by atoms with Crippen LogP contribution in [0.25, 0.3) is 0 Å². The number of rotatable bonds is 16. The number of aliphatic hydroxyl groups excluding tert-OH is 1. The fourth-order valence-corrected chi connectivity index (χ4v) is 14.2. The summed E-state index contributed by atoms with van der Waals surface area (Å²) in [5, 5.41) is 35.1. The van der Waals surface area contributed by atoms with Gasteiger partial charge < -0.3 is 76.9 Å². The molecule has 24 atom stereocenters. The molecule has 7 fully saturated rings. The van der Waals surface area contributed by atoms with Crippen LogP contribution in [0.3, 0.4) is 0 Å². The maximum atomic E-state index is 13.5. The van der Waals surface area contributed by atoms with Crippen molar-refractivity contribution >= 4 is 11.8 Å². The Morgan fingerprint density at radius 3 is 1.60 bits per heavy atom. The summed E-state index contributed by atoms with van der Waals surface area (Å²) in [6, 6.07) is 0. The molecule has 416 valence electrons. The highest BCUT2D eigenvalue weighted by Crippen LogP contribution is 2.65. The SMILES string of the molecule is CO[C@H]1C[C@H](O[C@@H]2[C@H](C)O[C@@H](O[C@H]3[C@@H](OC)C[C@H](O[C@H]4CC[C@@]5(C)C(=CC[C@@]6(O)[C@@H]7CC[C@@](O)(C(C)=O)C7[C@H](OC(=O)CC(C)=C(C)C)C[C@@H]65)C4)O[C@@H]3C)C[C@@H]2OC)O[C@@H](C)[C@H]1O[C@H]1C[C@@H](OC)[C@@H](O)[C@H](C)O1. The molecule has 18 nitrogen and oxygen atoms in total. The number of ether oxygens (including phenoxy) is 13. The lowest BCUT2D eigenvalue weighted by Crippen LogP contribution is -2.65. The maximum Gasteiger partial charge on any atom is 0.310 e. The maximum absolute atomic E-state index is 13.5. The van der Waals surface area contributed by atoms with Crippen molar-refractivity contribution in [1.29, 1.82) is 0 Å². The first-order valence-corrected chi connectivity index (χ1v) is 27.1. The lowest BCUT2D eigenvalue weighted by atomic mass is 9.47. The predicted molar refractivity (Wildman–Crippen MR) is 263 cm³/mol. The third kappa shape index (κ3) is 11.5. The zero-order valence-electron chi connectivity index (χ0n) is 45.7. The van der Waals surface area contributed by atoms with Gasteiger partial charge in [0.1, 0.15) is 36.1 Å². The van der Waals surface area contributed by atoms with Crippen LogP contribution < -0.4 is 0 Å². The van der Waals surface area contributed by atoms with E-state index in [9.17, 15) is 24.9 Å². The Balaban J connectivity index is 0.856. The molecular weight excluding hydrogens is 949 g/mol. The third-order valence-electron chi connectivity index (χ3n) is 18.7. The minimum atomic E-state index is -1.67. The molecule has 0 bridgehead atoms. The van der Waals surface area contributed by atoms with Crippen molar-refractivity contribution in [3.05, 3.63) is 22.8 Å². The molecule has 73 heavy (non-hydrogen) atoms. The zero-order chi connectivity index (χ0) is 52.9. The molecule has 4 aliphatic heterocycles. The Morgan fingerprint density at radius 2 is 1.12 bits per heavy atom. The van der Waals surface area contributed by atoms with E-state index >= 15 is 0 Å². The molecule has 0 aromatic heterocycles. The van der Waals surface area contributed by atoms with E-state index in [1.807, 2.05) is 41.5 Å². The van der Waals surface area contributed by atoms with Crippen LogP contribution in [0.5, 0.6) is 0 Å². The van der Waals surface area contributed by atoms with Gasteiger partial charge in [-0.3, -0.25) is 9.59 Å². The molecule has 4 heterocycles. The second-order valence-electron chi connectivity index (χ2n) is 23.2. The Labute approximate surface area is 432 Å². The number of hydrogen-bond acceptors (Lipinski definition) is 18. The van der Waals surface area contributed by atoms with Crippen LogP contribution in [0.1, 0.15) is 139 Å². The summed E-state index contributed by atoms with van der Waals surface area (Å²) in [5.74, 6) is -2.07. The van der Waals surface area contributed by atoms with E-state index in [-0.39, 0.29) is 54.9 Å². The van der Waals surface area contributed by atoms with E-state index in [0.29, 0.717) is 51.4 Å². The molecular formula is C55H88O18. The molecule has 0 aromatic rings. The van der Waals surface area contributed by atoms with Crippen molar-refractivity contribution in [2.24, 2.45) is 23.2 Å². The fraction of sp³-hybridized carbons (Fsp3) is 0.891. The summed E-state index contributed by atoms with van der Waals surface area (Å²) in [4.78, 5) is 26.5. The molecule has 0 spiro atoms. The van der Waals surface area contributed by atoms with Crippen molar-refractivity contribution in [3.8, 4) is 0 Å². The van der Waals surface area contributed by atoms with E-state index in [1.165, 1.54) is 12.5 Å². The van der Waals surface area contributed by atoms with Crippen LogP contribution in [0.2, 0.25) is 0 Å². The van der Waals surface area contributed by atoms with Gasteiger partial charge in [0.2, 0.25) is 0 Å². The number of fused-ring (bicyclic) bond motifs is 5. The normalized spacial score (nSPS) is 47.9. The van der Waals surface area contributed by atoms with Crippen molar-refractivity contribution in [3.63, 3.8) is 0 Å². The van der Waals surface area contributed by atoms with Crippen LogP contribution >= 0.6 is 0 Å². The zero-order valence-corrected chi connectivity index (χ0v) is 45.7. The number of methoxy groups -OCH3 is 4. The lowest BCUT2D eigenvalue weighted by molar-refractivity contribution is -0.347. The highest BCUT2D eigenvalue weighted by atomic mass is 16.8. The number of ketones is 1. The Kier molecular flexibility index (Phi) is 18.1. The monoisotopic (exact) mass is 1040 g/mol. The summed E-state index contributed by atoms with van der Waals surface area (Å²) >= 11 is 0. The van der Waals surface area contributed by atoms with Gasteiger partial charge in [-0.1, -0.05) is 29.7 Å². The summed E-state index contributed by atoms with van der Waals surface area (Å²) in [5.41, 5.74) is -0.0714. The van der Waals surface area contributed by atoms with Gasteiger partial charge in [-0.05, 0) is 112 Å². The molecule has 8 rings (SSSR count). The number of allylic oxidation sites excluding steroid dienone is 1. The van der Waals surface area contributed by atoms with Gasteiger partial charge >= 0.3 is 5.97 Å². The average molecular weight is 1040 g/mol. The van der Waals surface area contributed by atoms with E-state index in [0.717, 1.165) is 24.0 Å². The van der Waals surface area contributed by atoms with Crippen LogP contribution in [0.15, 0.2) is 22.8 Å². The van der Waals surface area contributed by atoms with Gasteiger partial charge in [0, 0.05) is 66.0 Å².